The zero-order valence-electron chi connectivity index (χ0n) is 14.1. The van der Waals surface area contributed by atoms with Crippen LogP contribution < -0.4 is 10.1 Å². The Morgan fingerprint density at radius 1 is 1.29 bits per heavy atom. The molecule has 5 nitrogen and oxygen atoms in total. The molecular formula is C18H22N2O3S. The molecule has 0 aliphatic carbocycles. The van der Waals surface area contributed by atoms with Gasteiger partial charge in [0.1, 0.15) is 5.75 Å². The van der Waals surface area contributed by atoms with E-state index in [1.54, 1.807) is 30.5 Å². The van der Waals surface area contributed by atoms with E-state index in [0.29, 0.717) is 12.1 Å². The van der Waals surface area contributed by atoms with Gasteiger partial charge in [0.05, 0.1) is 13.2 Å². The maximum Gasteiger partial charge on any atom is 0.252 e. The average molecular weight is 346 g/mol. The maximum atomic E-state index is 12.4. The number of amides is 2. The molecule has 0 bridgehead atoms. The van der Waals surface area contributed by atoms with Crippen LogP contribution in [0.5, 0.6) is 5.75 Å². The fourth-order valence-corrected chi connectivity index (χ4v) is 3.03. The Morgan fingerprint density at radius 3 is 2.71 bits per heavy atom. The van der Waals surface area contributed by atoms with Crippen LogP contribution in [0.25, 0.3) is 0 Å². The summed E-state index contributed by atoms with van der Waals surface area (Å²) in [6, 6.07) is 9.31. The van der Waals surface area contributed by atoms with Crippen molar-refractivity contribution in [2.75, 3.05) is 20.7 Å². The minimum absolute atomic E-state index is 0.0287. The highest BCUT2D eigenvalue weighted by molar-refractivity contribution is 7.08. The molecule has 0 unspecified atom stereocenters. The molecule has 0 fully saturated rings. The van der Waals surface area contributed by atoms with Gasteiger partial charge in [0, 0.05) is 36.5 Å². The topological polar surface area (TPSA) is 58.6 Å². The minimum atomic E-state index is -0.149. The monoisotopic (exact) mass is 346 g/mol. The Balaban J connectivity index is 1.88. The van der Waals surface area contributed by atoms with Crippen LogP contribution in [-0.4, -0.2) is 37.4 Å². The van der Waals surface area contributed by atoms with Gasteiger partial charge in [-0.05, 0) is 24.4 Å². The first-order valence-electron chi connectivity index (χ1n) is 7.73. The van der Waals surface area contributed by atoms with E-state index < -0.39 is 0 Å². The minimum Gasteiger partial charge on any atom is -0.496 e. The van der Waals surface area contributed by atoms with Gasteiger partial charge in [-0.15, -0.1) is 0 Å². The number of nitrogens with zero attached hydrogens (tertiary/aromatic N) is 1. The van der Waals surface area contributed by atoms with Gasteiger partial charge >= 0.3 is 0 Å². The molecule has 0 aliphatic rings. The van der Waals surface area contributed by atoms with Crippen LogP contribution in [0.3, 0.4) is 0 Å². The van der Waals surface area contributed by atoms with Crippen LogP contribution in [0.2, 0.25) is 0 Å². The summed E-state index contributed by atoms with van der Waals surface area (Å²) in [5.74, 6) is 0.582. The number of carbonyl (C=O) groups excluding carboxylic acids is 2. The lowest BCUT2D eigenvalue weighted by Gasteiger charge is -2.26. The maximum absolute atomic E-state index is 12.4. The average Bonchev–Trinajstić information content (AvgIpc) is 3.14. The molecule has 2 aromatic rings. The zero-order valence-corrected chi connectivity index (χ0v) is 14.9. The van der Waals surface area contributed by atoms with Crippen LogP contribution in [0.15, 0.2) is 41.1 Å². The first-order valence-corrected chi connectivity index (χ1v) is 8.68. The Bertz CT molecular complexity index is 685. The molecule has 0 saturated heterocycles. The predicted molar refractivity (Wildman–Crippen MR) is 95.4 cm³/mol. The Labute approximate surface area is 146 Å². The first kappa shape index (κ1) is 18.0. The molecule has 1 heterocycles. The van der Waals surface area contributed by atoms with Crippen molar-refractivity contribution in [2.45, 2.75) is 19.4 Å². The predicted octanol–water partition coefficient (Wildman–Crippen LogP) is 3.10. The van der Waals surface area contributed by atoms with Gasteiger partial charge in [0.15, 0.2) is 0 Å². The third-order valence-electron chi connectivity index (χ3n) is 3.97. The molecule has 1 aromatic carbocycles. The first-order chi connectivity index (χ1) is 11.5. The lowest BCUT2D eigenvalue weighted by molar-refractivity contribution is -0.131. The summed E-state index contributed by atoms with van der Waals surface area (Å²) >= 11 is 1.47. The van der Waals surface area contributed by atoms with E-state index in [2.05, 4.69) is 5.32 Å². The van der Waals surface area contributed by atoms with Crippen molar-refractivity contribution in [2.24, 2.45) is 0 Å². The van der Waals surface area contributed by atoms with E-state index in [1.165, 1.54) is 11.3 Å². The third kappa shape index (κ3) is 4.35. The second-order valence-corrected chi connectivity index (χ2v) is 6.22. The molecule has 1 N–H and O–H groups in total. The van der Waals surface area contributed by atoms with E-state index in [-0.39, 0.29) is 24.3 Å². The van der Waals surface area contributed by atoms with Gasteiger partial charge in [-0.25, -0.2) is 0 Å². The molecule has 0 saturated carbocycles. The molecule has 1 aromatic heterocycles. The van der Waals surface area contributed by atoms with Crippen molar-refractivity contribution in [1.29, 1.82) is 0 Å². The van der Waals surface area contributed by atoms with Gasteiger partial charge in [-0.2, -0.15) is 11.3 Å². The summed E-state index contributed by atoms with van der Waals surface area (Å²) in [4.78, 5) is 25.9. The molecule has 0 radical (unpaired) electrons. The normalized spacial score (nSPS) is 11.6. The number of ether oxygens (including phenoxy) is 1. The fourth-order valence-electron chi connectivity index (χ4n) is 2.39. The summed E-state index contributed by atoms with van der Waals surface area (Å²) in [7, 11) is 3.38. The second kappa shape index (κ2) is 8.49. The van der Waals surface area contributed by atoms with Crippen molar-refractivity contribution in [3.63, 3.8) is 0 Å². The quantitative estimate of drug-likeness (QED) is 0.838. The summed E-state index contributed by atoms with van der Waals surface area (Å²) in [6.07, 6.45) is 0.256. The van der Waals surface area contributed by atoms with E-state index in [1.807, 2.05) is 36.6 Å². The third-order valence-corrected chi connectivity index (χ3v) is 4.65. The summed E-state index contributed by atoms with van der Waals surface area (Å²) in [5.41, 5.74) is 1.58. The molecule has 24 heavy (non-hydrogen) atoms. The lowest BCUT2D eigenvalue weighted by Crippen LogP contribution is -2.33. The highest BCUT2D eigenvalue weighted by Crippen LogP contribution is 2.28. The van der Waals surface area contributed by atoms with Crippen molar-refractivity contribution in [3.05, 3.63) is 52.2 Å². The number of thiophene rings is 1. The number of rotatable bonds is 7. The van der Waals surface area contributed by atoms with Crippen LogP contribution in [0.4, 0.5) is 0 Å². The molecule has 0 aliphatic heterocycles. The van der Waals surface area contributed by atoms with Crippen LogP contribution >= 0.6 is 11.3 Å². The summed E-state index contributed by atoms with van der Waals surface area (Å²) in [6.45, 7) is 2.27. The molecular weight excluding hydrogens is 324 g/mol. The molecule has 2 amide bonds. The van der Waals surface area contributed by atoms with Crippen molar-refractivity contribution in [1.82, 2.24) is 10.2 Å². The Morgan fingerprint density at radius 2 is 2.04 bits per heavy atom. The van der Waals surface area contributed by atoms with Gasteiger partial charge in [-0.3, -0.25) is 9.59 Å². The number of nitrogens with one attached hydrogen (secondary N) is 1. The van der Waals surface area contributed by atoms with Crippen LogP contribution in [-0.2, 0) is 4.79 Å². The zero-order chi connectivity index (χ0) is 17.5. The standard InChI is InChI=1S/C18H22N2O3S/c1-13(15-6-4-5-7-16(15)23-3)20(2)17(21)8-10-19-18(22)14-9-11-24-12-14/h4-7,9,11-13H,8,10H2,1-3H3,(H,19,22)/t13-/m0/s1. The number of benzene rings is 1. The number of carbonyl (C=O) groups is 2. The molecule has 1 atom stereocenters. The molecule has 128 valence electrons. The van der Waals surface area contributed by atoms with Crippen molar-refractivity contribution < 1.29 is 14.3 Å². The smallest absolute Gasteiger partial charge is 0.252 e. The van der Waals surface area contributed by atoms with Crippen molar-refractivity contribution >= 4 is 23.2 Å². The van der Waals surface area contributed by atoms with Crippen LogP contribution in [0.1, 0.15) is 35.3 Å². The summed E-state index contributed by atoms with van der Waals surface area (Å²) < 4.78 is 5.36. The number of hydrogen-bond acceptors (Lipinski definition) is 4. The van der Waals surface area contributed by atoms with E-state index >= 15 is 0 Å². The fraction of sp³-hybridized carbons (Fsp3) is 0.333. The number of para-hydroxylation sites is 1. The molecule has 0 spiro atoms. The lowest BCUT2D eigenvalue weighted by atomic mass is 10.1. The largest absolute Gasteiger partial charge is 0.496 e. The van der Waals surface area contributed by atoms with Gasteiger partial charge in [0.25, 0.3) is 5.91 Å². The second-order valence-electron chi connectivity index (χ2n) is 5.44. The van der Waals surface area contributed by atoms with Gasteiger partial charge < -0.3 is 15.0 Å². The highest BCUT2D eigenvalue weighted by Gasteiger charge is 2.20. The van der Waals surface area contributed by atoms with Crippen molar-refractivity contribution in [3.8, 4) is 5.75 Å². The number of methoxy groups -OCH3 is 1. The van der Waals surface area contributed by atoms with Gasteiger partial charge in [0.2, 0.25) is 5.91 Å². The Kier molecular flexibility index (Phi) is 6.37. The number of hydrogen-bond donors (Lipinski definition) is 1. The Hall–Kier alpha value is -2.34. The van der Waals surface area contributed by atoms with E-state index in [9.17, 15) is 9.59 Å². The molecule has 6 heteroatoms. The highest BCUT2D eigenvalue weighted by atomic mass is 32.1. The summed E-state index contributed by atoms with van der Waals surface area (Å²) in [5, 5.41) is 6.40. The van der Waals surface area contributed by atoms with E-state index in [4.69, 9.17) is 4.74 Å². The van der Waals surface area contributed by atoms with Crippen LogP contribution in [0, 0.1) is 0 Å². The van der Waals surface area contributed by atoms with E-state index in [0.717, 1.165) is 11.3 Å². The van der Waals surface area contributed by atoms with Gasteiger partial charge in [-0.1, -0.05) is 18.2 Å². The molecule has 2 rings (SSSR count). The SMILES string of the molecule is COc1ccccc1[C@H](C)N(C)C(=O)CCNC(=O)c1ccsc1.